The van der Waals surface area contributed by atoms with E-state index < -0.39 is 10.3 Å². The maximum absolute atomic E-state index is 10.9. The smallest absolute Gasteiger partial charge is 0.358 e. The van der Waals surface area contributed by atoms with Crippen molar-refractivity contribution in [3.05, 3.63) is 40.3 Å². The second kappa shape index (κ2) is 6.09. The monoisotopic (exact) mass is 257 g/mol. The first-order valence-electron chi connectivity index (χ1n) is 4.66. The SMILES string of the molecule is COc1cccc(CCOS(=O)(=O)N=[N+]=[N-])c1. The molecule has 0 aliphatic heterocycles. The van der Waals surface area contributed by atoms with Gasteiger partial charge in [-0.2, -0.15) is 8.42 Å². The minimum atomic E-state index is -4.14. The fraction of sp³-hybridized carbons (Fsp3) is 0.333. The van der Waals surface area contributed by atoms with Crippen LogP contribution in [0.15, 0.2) is 28.8 Å². The number of nitrogens with zero attached hydrogens (tertiary/aromatic N) is 3. The van der Waals surface area contributed by atoms with Gasteiger partial charge in [0.25, 0.3) is 0 Å². The third-order valence-corrected chi connectivity index (χ3v) is 2.63. The van der Waals surface area contributed by atoms with Gasteiger partial charge in [0.15, 0.2) is 0 Å². The lowest BCUT2D eigenvalue weighted by Crippen LogP contribution is -2.05. The summed E-state index contributed by atoms with van der Waals surface area (Å²) in [6.45, 7) is -0.0888. The van der Waals surface area contributed by atoms with Gasteiger partial charge in [0.1, 0.15) is 5.75 Å². The number of benzene rings is 1. The number of rotatable bonds is 6. The number of methoxy groups -OCH3 is 1. The second-order valence-corrected chi connectivity index (χ2v) is 4.28. The molecule has 0 aromatic heterocycles. The maximum Gasteiger partial charge on any atom is 0.358 e. The molecule has 0 unspecified atom stereocenters. The molecule has 0 saturated heterocycles. The molecule has 0 radical (unpaired) electrons. The fourth-order valence-electron chi connectivity index (χ4n) is 1.16. The van der Waals surface area contributed by atoms with E-state index in [1.54, 1.807) is 25.3 Å². The van der Waals surface area contributed by atoms with E-state index in [9.17, 15) is 8.42 Å². The van der Waals surface area contributed by atoms with Crippen molar-refractivity contribution in [2.75, 3.05) is 13.7 Å². The first-order valence-corrected chi connectivity index (χ1v) is 6.02. The molecule has 0 bridgehead atoms. The highest BCUT2D eigenvalue weighted by Crippen LogP contribution is 2.13. The van der Waals surface area contributed by atoms with Crippen LogP contribution in [0.5, 0.6) is 5.75 Å². The molecule has 0 aliphatic rings. The topological polar surface area (TPSA) is 101 Å². The summed E-state index contributed by atoms with van der Waals surface area (Å²) >= 11 is 0. The quantitative estimate of drug-likeness (QED) is 0.440. The number of ether oxygens (including phenoxy) is 1. The highest BCUT2D eigenvalue weighted by Gasteiger charge is 2.07. The van der Waals surface area contributed by atoms with Crippen LogP contribution in [-0.4, -0.2) is 22.1 Å². The predicted molar refractivity (Wildman–Crippen MR) is 60.7 cm³/mol. The van der Waals surface area contributed by atoms with E-state index in [-0.39, 0.29) is 6.61 Å². The van der Waals surface area contributed by atoms with E-state index >= 15 is 0 Å². The molecule has 1 rings (SSSR count). The van der Waals surface area contributed by atoms with Crippen LogP contribution in [-0.2, 0) is 20.9 Å². The third-order valence-electron chi connectivity index (χ3n) is 1.89. The highest BCUT2D eigenvalue weighted by atomic mass is 32.2. The number of hydrogen-bond acceptors (Lipinski definition) is 4. The average Bonchev–Trinajstić information content (AvgIpc) is 2.29. The number of azide groups is 1. The van der Waals surface area contributed by atoms with Crippen molar-refractivity contribution < 1.29 is 17.3 Å². The van der Waals surface area contributed by atoms with Gasteiger partial charge in [-0.3, -0.25) is 4.18 Å². The van der Waals surface area contributed by atoms with Crippen LogP contribution in [0.2, 0.25) is 0 Å². The van der Waals surface area contributed by atoms with Gasteiger partial charge in [0, 0.05) is 4.91 Å². The molecule has 17 heavy (non-hydrogen) atoms. The Morgan fingerprint density at radius 2 is 2.24 bits per heavy atom. The van der Waals surface area contributed by atoms with Crippen LogP contribution in [0.3, 0.4) is 0 Å². The van der Waals surface area contributed by atoms with Crippen molar-refractivity contribution >= 4 is 10.3 Å². The Bertz CT molecular complexity index is 523. The lowest BCUT2D eigenvalue weighted by Gasteiger charge is -2.04. The lowest BCUT2D eigenvalue weighted by molar-refractivity contribution is 0.322. The molecule has 92 valence electrons. The molecule has 0 amide bonds. The van der Waals surface area contributed by atoms with Crippen LogP contribution in [0, 0.1) is 0 Å². The summed E-state index contributed by atoms with van der Waals surface area (Å²) in [5, 5.41) is 0. The van der Waals surface area contributed by atoms with Gasteiger partial charge in [-0.15, -0.1) is 0 Å². The van der Waals surface area contributed by atoms with Gasteiger partial charge in [0.05, 0.1) is 18.2 Å². The van der Waals surface area contributed by atoms with E-state index in [1.807, 2.05) is 6.07 Å². The van der Waals surface area contributed by atoms with Gasteiger partial charge in [-0.05, 0) is 29.6 Å². The van der Waals surface area contributed by atoms with Crippen LogP contribution in [0.25, 0.3) is 10.4 Å². The molecule has 0 atom stereocenters. The van der Waals surface area contributed by atoms with Crippen molar-refractivity contribution in [2.45, 2.75) is 6.42 Å². The third kappa shape index (κ3) is 4.73. The maximum atomic E-state index is 10.9. The highest BCUT2D eigenvalue weighted by molar-refractivity contribution is 7.85. The van der Waals surface area contributed by atoms with Crippen molar-refractivity contribution in [2.24, 2.45) is 4.52 Å². The summed E-state index contributed by atoms with van der Waals surface area (Å²) in [4.78, 5) is 2.15. The Morgan fingerprint density at radius 3 is 2.88 bits per heavy atom. The van der Waals surface area contributed by atoms with Crippen molar-refractivity contribution in [1.82, 2.24) is 0 Å². The van der Waals surface area contributed by atoms with Crippen LogP contribution in [0.4, 0.5) is 0 Å². The van der Waals surface area contributed by atoms with Crippen molar-refractivity contribution in [3.63, 3.8) is 0 Å². The first-order chi connectivity index (χ1) is 8.07. The van der Waals surface area contributed by atoms with Gasteiger partial charge in [-0.25, -0.2) is 0 Å². The lowest BCUT2D eigenvalue weighted by atomic mass is 10.1. The Labute approximate surface area is 98.9 Å². The number of hydrogen-bond donors (Lipinski definition) is 0. The van der Waals surface area contributed by atoms with E-state index in [2.05, 4.69) is 13.6 Å². The Morgan fingerprint density at radius 1 is 1.47 bits per heavy atom. The molecular formula is C9H11N3O4S. The van der Waals surface area contributed by atoms with E-state index in [4.69, 9.17) is 10.3 Å². The zero-order valence-electron chi connectivity index (χ0n) is 9.11. The molecule has 0 spiro atoms. The van der Waals surface area contributed by atoms with Gasteiger partial charge in [-0.1, -0.05) is 12.1 Å². The Kier molecular flexibility index (Phi) is 4.77. The van der Waals surface area contributed by atoms with Crippen LogP contribution >= 0.6 is 0 Å². The molecular weight excluding hydrogens is 246 g/mol. The van der Waals surface area contributed by atoms with E-state index in [1.165, 1.54) is 0 Å². The zero-order valence-corrected chi connectivity index (χ0v) is 9.92. The summed E-state index contributed by atoms with van der Waals surface area (Å²) < 4.78 is 33.8. The first kappa shape index (κ1) is 13.3. The summed E-state index contributed by atoms with van der Waals surface area (Å²) in [7, 11) is -2.60. The Balaban J connectivity index is 2.54. The minimum Gasteiger partial charge on any atom is -0.497 e. The Hall–Kier alpha value is -1.76. The molecule has 8 heteroatoms. The molecule has 0 aliphatic carbocycles. The molecule has 0 fully saturated rings. The van der Waals surface area contributed by atoms with E-state index in [0.29, 0.717) is 12.2 Å². The average molecular weight is 257 g/mol. The zero-order chi connectivity index (χ0) is 12.7. The second-order valence-electron chi connectivity index (χ2n) is 3.02. The standard InChI is InChI=1S/C9H11N3O4S/c1-15-9-4-2-3-8(7-9)5-6-16-17(13,14)12-11-10/h2-4,7H,5-6H2,1H3. The summed E-state index contributed by atoms with van der Waals surface area (Å²) in [6, 6.07) is 7.15. The van der Waals surface area contributed by atoms with Crippen molar-refractivity contribution in [1.29, 1.82) is 0 Å². The largest absolute Gasteiger partial charge is 0.497 e. The molecule has 1 aromatic rings. The van der Waals surface area contributed by atoms with Gasteiger partial charge >= 0.3 is 10.3 Å². The minimum absolute atomic E-state index is 0.0888. The van der Waals surface area contributed by atoms with Gasteiger partial charge < -0.3 is 4.74 Å². The summed E-state index contributed by atoms with van der Waals surface area (Å²) in [5.41, 5.74) is 8.83. The van der Waals surface area contributed by atoms with Crippen molar-refractivity contribution in [3.8, 4) is 5.75 Å². The summed E-state index contributed by atoms with van der Waals surface area (Å²) in [5.74, 6) is 0.681. The molecule has 0 N–H and O–H groups in total. The van der Waals surface area contributed by atoms with Crippen LogP contribution in [0.1, 0.15) is 5.56 Å². The fourth-order valence-corrected chi connectivity index (χ4v) is 1.59. The molecule has 7 nitrogen and oxygen atoms in total. The molecule has 0 heterocycles. The predicted octanol–water partition coefficient (Wildman–Crippen LogP) is 1.81. The van der Waals surface area contributed by atoms with Gasteiger partial charge in [0.2, 0.25) is 0 Å². The molecule has 1 aromatic carbocycles. The molecule has 0 saturated carbocycles. The summed E-state index contributed by atoms with van der Waals surface area (Å²) in [6.07, 6.45) is 0.372. The van der Waals surface area contributed by atoms with Crippen LogP contribution < -0.4 is 4.74 Å². The van der Waals surface area contributed by atoms with E-state index in [0.717, 1.165) is 5.56 Å². The normalized spacial score (nSPS) is 10.6.